The lowest BCUT2D eigenvalue weighted by atomic mass is 10.0. The van der Waals surface area contributed by atoms with Gasteiger partial charge in [-0.15, -0.1) is 0 Å². The maximum atomic E-state index is 12.4. The summed E-state index contributed by atoms with van der Waals surface area (Å²) in [6.07, 6.45) is 6.54. The minimum atomic E-state index is -0.0304. The molecule has 0 radical (unpaired) electrons. The molecule has 4 rings (SSSR count). The Labute approximate surface area is 161 Å². The minimum Gasteiger partial charge on any atom is -0.352 e. The van der Waals surface area contributed by atoms with Crippen LogP contribution < -0.4 is 10.2 Å². The largest absolute Gasteiger partial charge is 0.352 e. The Morgan fingerprint density at radius 1 is 1.15 bits per heavy atom. The zero-order valence-corrected chi connectivity index (χ0v) is 16.0. The molecule has 2 aliphatic rings. The van der Waals surface area contributed by atoms with Crippen LogP contribution in [0.1, 0.15) is 47.2 Å². The fourth-order valence-electron chi connectivity index (χ4n) is 4.17. The molecule has 27 heavy (non-hydrogen) atoms. The molecular weight excluding hydrogens is 336 g/mol. The van der Waals surface area contributed by atoms with Gasteiger partial charge in [0.15, 0.2) is 0 Å². The second-order valence-corrected chi connectivity index (χ2v) is 7.70. The van der Waals surface area contributed by atoms with Crippen LogP contribution in [0, 0.1) is 0 Å². The molecule has 1 fully saturated rings. The number of hydrogen-bond donors (Lipinski definition) is 1. The number of carbonyl (C=O) groups is 1. The molecule has 1 aromatic carbocycles. The van der Waals surface area contributed by atoms with Crippen molar-refractivity contribution in [2.24, 2.45) is 0 Å². The van der Waals surface area contributed by atoms with Crippen molar-refractivity contribution in [1.82, 2.24) is 15.2 Å². The fraction of sp³-hybridized carbons (Fsp3) is 0.455. The third kappa shape index (κ3) is 4.14. The average Bonchev–Trinajstić information content (AvgIpc) is 3.14. The minimum absolute atomic E-state index is 0.0304. The Morgan fingerprint density at radius 3 is 2.59 bits per heavy atom. The molecule has 1 saturated heterocycles. The number of hydrogen-bond acceptors (Lipinski definition) is 4. The van der Waals surface area contributed by atoms with E-state index in [1.807, 2.05) is 12.1 Å². The van der Waals surface area contributed by atoms with Crippen LogP contribution in [0.3, 0.4) is 0 Å². The number of likely N-dealkylation sites (tertiary alicyclic amines) is 1. The zero-order chi connectivity index (χ0) is 18.6. The van der Waals surface area contributed by atoms with Crippen LogP contribution >= 0.6 is 0 Å². The second kappa shape index (κ2) is 8.09. The summed E-state index contributed by atoms with van der Waals surface area (Å²) in [7, 11) is 2.19. The maximum Gasteiger partial charge on any atom is 0.252 e. The molecule has 1 amide bonds. The molecule has 0 aliphatic carbocycles. The molecular formula is C22H28N4O. The molecule has 0 saturated carbocycles. The van der Waals surface area contributed by atoms with E-state index >= 15 is 0 Å². The lowest BCUT2D eigenvalue weighted by Gasteiger charge is -2.32. The standard InChI is InChI=1S/C22H28N4O/c1-25-13-5-4-8-20(25)11-12-23-22(27)17-9-10-21(24-14-17)26-15-18-6-2-3-7-19(18)16-26/h2-3,6-7,9-10,14,20H,4-5,8,11-13,15-16H2,1H3,(H,23,27). The first-order valence-corrected chi connectivity index (χ1v) is 9.97. The average molecular weight is 364 g/mol. The van der Waals surface area contributed by atoms with Crippen molar-refractivity contribution in [1.29, 1.82) is 0 Å². The predicted molar refractivity (Wildman–Crippen MR) is 108 cm³/mol. The molecule has 2 aliphatic heterocycles. The number of piperidine rings is 1. The van der Waals surface area contributed by atoms with Crippen molar-refractivity contribution >= 4 is 11.7 Å². The number of anilines is 1. The van der Waals surface area contributed by atoms with Crippen LogP contribution in [0.2, 0.25) is 0 Å². The van der Waals surface area contributed by atoms with Gasteiger partial charge in [0.25, 0.3) is 5.91 Å². The first-order valence-electron chi connectivity index (χ1n) is 9.97. The van der Waals surface area contributed by atoms with Crippen molar-refractivity contribution in [3.63, 3.8) is 0 Å². The van der Waals surface area contributed by atoms with Crippen molar-refractivity contribution in [3.8, 4) is 0 Å². The first-order chi connectivity index (χ1) is 13.2. The summed E-state index contributed by atoms with van der Waals surface area (Å²) in [5, 5.41) is 3.05. The molecule has 5 nitrogen and oxygen atoms in total. The maximum absolute atomic E-state index is 12.4. The summed E-state index contributed by atoms with van der Waals surface area (Å²) in [4.78, 5) is 21.6. The number of pyridine rings is 1. The molecule has 5 heteroatoms. The van der Waals surface area contributed by atoms with E-state index in [4.69, 9.17) is 0 Å². The van der Waals surface area contributed by atoms with Crippen LogP contribution in [0.5, 0.6) is 0 Å². The molecule has 142 valence electrons. The van der Waals surface area contributed by atoms with E-state index < -0.39 is 0 Å². The Hall–Kier alpha value is -2.40. The van der Waals surface area contributed by atoms with Gasteiger partial charge in [-0.1, -0.05) is 30.7 Å². The van der Waals surface area contributed by atoms with Crippen LogP contribution in [0.4, 0.5) is 5.82 Å². The van der Waals surface area contributed by atoms with E-state index in [0.29, 0.717) is 11.6 Å². The lowest BCUT2D eigenvalue weighted by Crippen LogP contribution is -2.39. The molecule has 0 bridgehead atoms. The predicted octanol–water partition coefficient (Wildman–Crippen LogP) is 3.21. The topological polar surface area (TPSA) is 48.5 Å². The Bertz CT molecular complexity index is 764. The van der Waals surface area contributed by atoms with Crippen molar-refractivity contribution in [2.75, 3.05) is 25.0 Å². The van der Waals surface area contributed by atoms with Gasteiger partial charge in [0.1, 0.15) is 5.82 Å². The second-order valence-electron chi connectivity index (χ2n) is 7.70. The summed E-state index contributed by atoms with van der Waals surface area (Å²) in [5.74, 6) is 0.892. The molecule has 1 atom stereocenters. The van der Waals surface area contributed by atoms with E-state index in [2.05, 4.69) is 51.4 Å². The molecule has 1 aromatic heterocycles. The van der Waals surface area contributed by atoms with Gasteiger partial charge in [-0.2, -0.15) is 0 Å². The monoisotopic (exact) mass is 364 g/mol. The van der Waals surface area contributed by atoms with Crippen LogP contribution in [0.15, 0.2) is 42.6 Å². The summed E-state index contributed by atoms with van der Waals surface area (Å²) in [5.41, 5.74) is 3.34. The third-order valence-corrected chi connectivity index (χ3v) is 5.86. The van der Waals surface area contributed by atoms with Crippen LogP contribution in [-0.4, -0.2) is 42.0 Å². The molecule has 3 heterocycles. The van der Waals surface area contributed by atoms with Crippen molar-refractivity contribution in [2.45, 2.75) is 44.8 Å². The first kappa shape index (κ1) is 18.0. The van der Waals surface area contributed by atoms with Crippen LogP contribution in [0.25, 0.3) is 0 Å². The van der Waals surface area contributed by atoms with Gasteiger partial charge >= 0.3 is 0 Å². The molecule has 1 N–H and O–H groups in total. The highest BCUT2D eigenvalue weighted by molar-refractivity contribution is 5.94. The molecule has 0 spiro atoms. The van der Waals surface area contributed by atoms with Crippen molar-refractivity contribution in [3.05, 3.63) is 59.3 Å². The Balaban J connectivity index is 1.29. The number of nitrogens with one attached hydrogen (secondary N) is 1. The fourth-order valence-corrected chi connectivity index (χ4v) is 4.17. The van der Waals surface area contributed by atoms with E-state index in [9.17, 15) is 4.79 Å². The van der Waals surface area contributed by atoms with Crippen molar-refractivity contribution < 1.29 is 4.79 Å². The number of aromatic nitrogens is 1. The summed E-state index contributed by atoms with van der Waals surface area (Å²) in [6, 6.07) is 12.9. The highest BCUT2D eigenvalue weighted by atomic mass is 16.1. The van der Waals surface area contributed by atoms with Gasteiger partial charge in [0.05, 0.1) is 5.56 Å². The number of amides is 1. The van der Waals surface area contributed by atoms with E-state index in [1.54, 1.807) is 6.20 Å². The summed E-state index contributed by atoms with van der Waals surface area (Å²) in [6.45, 7) is 3.65. The third-order valence-electron chi connectivity index (χ3n) is 5.86. The smallest absolute Gasteiger partial charge is 0.252 e. The Kier molecular flexibility index (Phi) is 5.39. The summed E-state index contributed by atoms with van der Waals surface area (Å²) >= 11 is 0. The summed E-state index contributed by atoms with van der Waals surface area (Å²) < 4.78 is 0. The number of carbonyl (C=O) groups excluding carboxylic acids is 1. The van der Waals surface area contributed by atoms with Gasteiger partial charge in [0.2, 0.25) is 0 Å². The van der Waals surface area contributed by atoms with Crippen LogP contribution in [-0.2, 0) is 13.1 Å². The van der Waals surface area contributed by atoms with Gasteiger partial charge < -0.3 is 15.1 Å². The highest BCUT2D eigenvalue weighted by Gasteiger charge is 2.20. The highest BCUT2D eigenvalue weighted by Crippen LogP contribution is 2.26. The SMILES string of the molecule is CN1CCCCC1CCNC(=O)c1ccc(N2Cc3ccccc3C2)nc1. The quantitative estimate of drug-likeness (QED) is 0.885. The van der Waals surface area contributed by atoms with Gasteiger partial charge in [0, 0.05) is 31.9 Å². The Morgan fingerprint density at radius 2 is 1.93 bits per heavy atom. The number of rotatable bonds is 5. The van der Waals surface area contributed by atoms with E-state index in [0.717, 1.165) is 31.9 Å². The lowest BCUT2D eigenvalue weighted by molar-refractivity contribution is 0.0945. The van der Waals surface area contributed by atoms with Gasteiger partial charge in [-0.25, -0.2) is 4.98 Å². The van der Waals surface area contributed by atoms with E-state index in [1.165, 1.54) is 36.9 Å². The van der Waals surface area contributed by atoms with Gasteiger partial charge in [-0.05, 0) is 56.1 Å². The molecule has 1 unspecified atom stereocenters. The zero-order valence-electron chi connectivity index (χ0n) is 16.0. The van der Waals surface area contributed by atoms with E-state index in [-0.39, 0.29) is 5.91 Å². The normalized spacial score (nSPS) is 19.7. The number of nitrogens with zero attached hydrogens (tertiary/aromatic N) is 3. The van der Waals surface area contributed by atoms with Gasteiger partial charge in [-0.3, -0.25) is 4.79 Å². The number of benzene rings is 1. The molecule has 2 aromatic rings. The number of fused-ring (bicyclic) bond motifs is 1.